The SMILES string of the molecule is CC(CO)CNC(=O)c1cc(Br)ccc1F. The van der Waals surface area contributed by atoms with Gasteiger partial charge in [-0.05, 0) is 24.1 Å². The lowest BCUT2D eigenvalue weighted by molar-refractivity contribution is 0.0938. The summed E-state index contributed by atoms with van der Waals surface area (Å²) in [4.78, 5) is 11.6. The van der Waals surface area contributed by atoms with Crippen molar-refractivity contribution in [3.8, 4) is 0 Å². The van der Waals surface area contributed by atoms with Gasteiger partial charge in [-0.3, -0.25) is 4.79 Å². The van der Waals surface area contributed by atoms with Crippen molar-refractivity contribution in [3.63, 3.8) is 0 Å². The molecule has 1 atom stereocenters. The fraction of sp³-hybridized carbons (Fsp3) is 0.364. The Hall–Kier alpha value is -0.940. The van der Waals surface area contributed by atoms with Crippen LogP contribution < -0.4 is 5.32 Å². The van der Waals surface area contributed by atoms with E-state index in [1.807, 2.05) is 0 Å². The highest BCUT2D eigenvalue weighted by molar-refractivity contribution is 9.10. The molecule has 3 nitrogen and oxygen atoms in total. The minimum atomic E-state index is -0.558. The number of benzene rings is 1. The van der Waals surface area contributed by atoms with E-state index in [1.165, 1.54) is 18.2 Å². The first kappa shape index (κ1) is 13.1. The highest BCUT2D eigenvalue weighted by Gasteiger charge is 2.12. The van der Waals surface area contributed by atoms with Gasteiger partial charge in [0.25, 0.3) is 5.91 Å². The summed E-state index contributed by atoms with van der Waals surface area (Å²) in [5, 5.41) is 11.3. The standard InChI is InChI=1S/C11H13BrFNO2/c1-7(6-15)5-14-11(16)9-4-8(12)2-3-10(9)13/h2-4,7,15H,5-6H2,1H3,(H,14,16). The molecule has 16 heavy (non-hydrogen) atoms. The lowest BCUT2D eigenvalue weighted by Crippen LogP contribution is -2.30. The largest absolute Gasteiger partial charge is 0.396 e. The molecule has 1 aromatic rings. The van der Waals surface area contributed by atoms with Crippen LogP contribution in [-0.4, -0.2) is 24.2 Å². The second-order valence-corrected chi connectivity index (χ2v) is 4.54. The van der Waals surface area contributed by atoms with Crippen LogP contribution in [0.2, 0.25) is 0 Å². The topological polar surface area (TPSA) is 49.3 Å². The molecule has 0 aliphatic heterocycles. The molecule has 88 valence electrons. The van der Waals surface area contributed by atoms with Crippen LogP contribution in [0.15, 0.2) is 22.7 Å². The molecule has 0 saturated heterocycles. The van der Waals surface area contributed by atoms with E-state index in [4.69, 9.17) is 5.11 Å². The highest BCUT2D eigenvalue weighted by atomic mass is 79.9. The minimum Gasteiger partial charge on any atom is -0.396 e. The fourth-order valence-corrected chi connectivity index (χ4v) is 1.46. The summed E-state index contributed by atoms with van der Waals surface area (Å²) in [5.74, 6) is -1.07. The molecule has 1 amide bonds. The van der Waals surface area contributed by atoms with Gasteiger partial charge in [0.05, 0.1) is 5.56 Å². The zero-order valence-electron chi connectivity index (χ0n) is 8.84. The van der Waals surface area contributed by atoms with Gasteiger partial charge in [-0.15, -0.1) is 0 Å². The van der Waals surface area contributed by atoms with Gasteiger partial charge in [0.2, 0.25) is 0 Å². The summed E-state index contributed by atoms with van der Waals surface area (Å²) in [6.45, 7) is 2.10. The number of amides is 1. The summed E-state index contributed by atoms with van der Waals surface area (Å²) in [6, 6.07) is 4.19. The van der Waals surface area contributed by atoms with E-state index in [0.29, 0.717) is 11.0 Å². The second-order valence-electron chi connectivity index (χ2n) is 3.62. The zero-order chi connectivity index (χ0) is 12.1. The van der Waals surface area contributed by atoms with Crippen molar-refractivity contribution >= 4 is 21.8 Å². The highest BCUT2D eigenvalue weighted by Crippen LogP contribution is 2.15. The number of hydrogen-bond donors (Lipinski definition) is 2. The number of carbonyl (C=O) groups is 1. The van der Waals surface area contributed by atoms with Gasteiger partial charge in [-0.25, -0.2) is 4.39 Å². The van der Waals surface area contributed by atoms with Crippen LogP contribution in [0.1, 0.15) is 17.3 Å². The summed E-state index contributed by atoms with van der Waals surface area (Å²) in [6.07, 6.45) is 0. The number of nitrogens with one attached hydrogen (secondary N) is 1. The summed E-state index contributed by atoms with van der Waals surface area (Å²) < 4.78 is 13.9. The van der Waals surface area contributed by atoms with E-state index in [0.717, 1.165) is 0 Å². The summed E-state index contributed by atoms with van der Waals surface area (Å²) in [7, 11) is 0. The van der Waals surface area contributed by atoms with Crippen LogP contribution >= 0.6 is 15.9 Å². The van der Waals surface area contributed by atoms with Gasteiger partial charge >= 0.3 is 0 Å². The quantitative estimate of drug-likeness (QED) is 0.890. The summed E-state index contributed by atoms with van der Waals surface area (Å²) in [5.41, 5.74) is -0.000449. The second kappa shape index (κ2) is 5.96. The smallest absolute Gasteiger partial charge is 0.254 e. The minimum absolute atomic E-state index is 0.000449. The normalized spacial score (nSPS) is 12.2. The van der Waals surface area contributed by atoms with Crippen molar-refractivity contribution in [1.29, 1.82) is 0 Å². The number of aliphatic hydroxyl groups is 1. The van der Waals surface area contributed by atoms with E-state index < -0.39 is 11.7 Å². The van der Waals surface area contributed by atoms with Crippen LogP contribution in [0.5, 0.6) is 0 Å². The van der Waals surface area contributed by atoms with Crippen LogP contribution in [0, 0.1) is 11.7 Å². The molecule has 1 rings (SSSR count). The molecular weight excluding hydrogens is 277 g/mol. The molecule has 5 heteroatoms. The Kier molecular flexibility index (Phi) is 4.89. The first-order valence-electron chi connectivity index (χ1n) is 4.88. The number of carbonyl (C=O) groups excluding carboxylic acids is 1. The van der Waals surface area contributed by atoms with Gasteiger partial charge in [0, 0.05) is 17.6 Å². The van der Waals surface area contributed by atoms with E-state index in [9.17, 15) is 9.18 Å². The molecule has 0 fully saturated rings. The van der Waals surface area contributed by atoms with Gasteiger partial charge in [0.1, 0.15) is 5.82 Å². The van der Waals surface area contributed by atoms with E-state index in [1.54, 1.807) is 6.92 Å². The van der Waals surface area contributed by atoms with Crippen LogP contribution in [-0.2, 0) is 0 Å². The van der Waals surface area contributed by atoms with Crippen molar-refractivity contribution in [2.45, 2.75) is 6.92 Å². The molecule has 0 radical (unpaired) electrons. The van der Waals surface area contributed by atoms with Crippen LogP contribution in [0.3, 0.4) is 0 Å². The first-order valence-corrected chi connectivity index (χ1v) is 5.68. The Morgan fingerprint density at radius 2 is 2.31 bits per heavy atom. The van der Waals surface area contributed by atoms with Gasteiger partial charge in [0.15, 0.2) is 0 Å². The Morgan fingerprint density at radius 1 is 1.62 bits per heavy atom. The molecule has 0 bridgehead atoms. The molecule has 0 spiro atoms. The third-order valence-corrected chi connectivity index (χ3v) is 2.59. The number of aliphatic hydroxyl groups excluding tert-OH is 1. The maximum atomic E-state index is 13.3. The van der Waals surface area contributed by atoms with E-state index >= 15 is 0 Å². The Bertz CT molecular complexity index is 384. The number of rotatable bonds is 4. The van der Waals surface area contributed by atoms with Crippen molar-refractivity contribution < 1.29 is 14.3 Å². The van der Waals surface area contributed by atoms with Gasteiger partial charge in [-0.2, -0.15) is 0 Å². The van der Waals surface area contributed by atoms with E-state index in [2.05, 4.69) is 21.2 Å². The molecule has 0 aliphatic rings. The van der Waals surface area contributed by atoms with Crippen LogP contribution in [0.25, 0.3) is 0 Å². The molecule has 2 N–H and O–H groups in total. The number of halogens is 2. The summed E-state index contributed by atoms with van der Waals surface area (Å²) >= 11 is 3.17. The molecule has 1 aromatic carbocycles. The Labute approximate surface area is 102 Å². The van der Waals surface area contributed by atoms with Crippen molar-refractivity contribution in [1.82, 2.24) is 5.32 Å². The van der Waals surface area contributed by atoms with E-state index in [-0.39, 0.29) is 18.1 Å². The first-order chi connectivity index (χ1) is 7.54. The molecule has 1 unspecified atom stereocenters. The lowest BCUT2D eigenvalue weighted by atomic mass is 10.1. The zero-order valence-corrected chi connectivity index (χ0v) is 10.4. The number of hydrogen-bond acceptors (Lipinski definition) is 2. The monoisotopic (exact) mass is 289 g/mol. The average Bonchev–Trinajstić information content (AvgIpc) is 2.28. The predicted octanol–water partition coefficient (Wildman–Crippen LogP) is 1.95. The van der Waals surface area contributed by atoms with Crippen LogP contribution in [0.4, 0.5) is 4.39 Å². The maximum absolute atomic E-state index is 13.3. The molecule has 0 aliphatic carbocycles. The van der Waals surface area contributed by atoms with Crippen molar-refractivity contribution in [2.75, 3.05) is 13.2 Å². The van der Waals surface area contributed by atoms with Crippen molar-refractivity contribution in [3.05, 3.63) is 34.1 Å². The van der Waals surface area contributed by atoms with Gasteiger partial charge < -0.3 is 10.4 Å². The lowest BCUT2D eigenvalue weighted by Gasteiger charge is -2.10. The Balaban J connectivity index is 2.69. The van der Waals surface area contributed by atoms with Gasteiger partial charge in [-0.1, -0.05) is 22.9 Å². The third-order valence-electron chi connectivity index (χ3n) is 2.10. The maximum Gasteiger partial charge on any atom is 0.254 e. The van der Waals surface area contributed by atoms with Crippen molar-refractivity contribution in [2.24, 2.45) is 5.92 Å². The molecule has 0 heterocycles. The Morgan fingerprint density at radius 3 is 2.94 bits per heavy atom. The molecule has 0 saturated carbocycles. The molecular formula is C11H13BrFNO2. The average molecular weight is 290 g/mol. The predicted molar refractivity (Wildman–Crippen MR) is 62.7 cm³/mol. The fourth-order valence-electron chi connectivity index (χ4n) is 1.10. The third kappa shape index (κ3) is 3.57. The molecule has 0 aromatic heterocycles.